The molecule has 142 valence electrons. The van der Waals surface area contributed by atoms with Gasteiger partial charge in [-0.15, -0.1) is 24.0 Å². The zero-order chi connectivity index (χ0) is 17.9. The van der Waals surface area contributed by atoms with Gasteiger partial charge in [0.15, 0.2) is 5.96 Å². The Bertz CT molecular complexity index is 665. The molecule has 0 saturated carbocycles. The molecule has 6 heteroatoms. The average molecular weight is 469 g/mol. The van der Waals surface area contributed by atoms with Crippen LogP contribution >= 0.6 is 24.0 Å². The van der Waals surface area contributed by atoms with Crippen molar-refractivity contribution in [2.45, 2.75) is 26.1 Å². The number of para-hydroxylation sites is 1. The summed E-state index contributed by atoms with van der Waals surface area (Å²) in [7, 11) is 3.45. The van der Waals surface area contributed by atoms with Crippen LogP contribution in [0.4, 0.5) is 0 Å². The van der Waals surface area contributed by atoms with Crippen molar-refractivity contribution in [3.8, 4) is 5.75 Å². The second kappa shape index (κ2) is 12.5. The molecule has 0 aromatic heterocycles. The smallest absolute Gasteiger partial charge is 0.191 e. The van der Waals surface area contributed by atoms with Crippen molar-refractivity contribution in [2.24, 2.45) is 4.99 Å². The summed E-state index contributed by atoms with van der Waals surface area (Å²) in [5.74, 6) is 1.61. The molecule has 0 heterocycles. The van der Waals surface area contributed by atoms with Gasteiger partial charge in [-0.2, -0.15) is 0 Å². The minimum Gasteiger partial charge on any atom is -0.489 e. The molecule has 2 rings (SSSR count). The minimum absolute atomic E-state index is 0. The first kappa shape index (κ1) is 22.2. The highest BCUT2D eigenvalue weighted by atomic mass is 127. The number of methoxy groups -OCH3 is 1. The first-order valence-electron chi connectivity index (χ1n) is 8.43. The van der Waals surface area contributed by atoms with E-state index in [1.807, 2.05) is 43.3 Å². The molecule has 5 nitrogen and oxygen atoms in total. The van der Waals surface area contributed by atoms with Crippen molar-refractivity contribution in [3.05, 3.63) is 65.7 Å². The Kier molecular flexibility index (Phi) is 10.7. The van der Waals surface area contributed by atoms with Crippen LogP contribution in [0.1, 0.15) is 18.1 Å². The van der Waals surface area contributed by atoms with E-state index >= 15 is 0 Å². The Balaban J connectivity index is 0.00000338. The van der Waals surface area contributed by atoms with E-state index in [9.17, 15) is 0 Å². The van der Waals surface area contributed by atoms with Gasteiger partial charge in [0, 0.05) is 32.3 Å². The van der Waals surface area contributed by atoms with Crippen LogP contribution in [0.25, 0.3) is 0 Å². The molecule has 2 N–H and O–H groups in total. The van der Waals surface area contributed by atoms with Crippen LogP contribution in [0.3, 0.4) is 0 Å². The zero-order valence-corrected chi connectivity index (χ0v) is 17.9. The first-order chi connectivity index (χ1) is 12.2. The molecule has 1 unspecified atom stereocenters. The zero-order valence-electron chi connectivity index (χ0n) is 15.6. The Labute approximate surface area is 173 Å². The third-order valence-corrected chi connectivity index (χ3v) is 3.68. The fraction of sp³-hybridized carbons (Fsp3) is 0.350. The van der Waals surface area contributed by atoms with E-state index in [2.05, 4.69) is 33.8 Å². The van der Waals surface area contributed by atoms with Gasteiger partial charge < -0.3 is 20.1 Å². The van der Waals surface area contributed by atoms with Crippen LogP contribution in [0.5, 0.6) is 5.75 Å². The van der Waals surface area contributed by atoms with Crippen LogP contribution in [0.15, 0.2) is 59.6 Å². The van der Waals surface area contributed by atoms with E-state index in [1.54, 1.807) is 14.2 Å². The lowest BCUT2D eigenvalue weighted by molar-refractivity contribution is 0.179. The summed E-state index contributed by atoms with van der Waals surface area (Å²) in [5, 5.41) is 6.61. The average Bonchev–Trinajstić information content (AvgIpc) is 2.65. The third-order valence-electron chi connectivity index (χ3n) is 3.68. The molecular formula is C20H28IN3O2. The number of nitrogens with one attached hydrogen (secondary N) is 2. The maximum Gasteiger partial charge on any atom is 0.191 e. The number of aliphatic imine (C=N–C) groups is 1. The first-order valence-corrected chi connectivity index (χ1v) is 8.43. The van der Waals surface area contributed by atoms with Crippen LogP contribution in [0.2, 0.25) is 0 Å². The number of halogens is 1. The van der Waals surface area contributed by atoms with Crippen LogP contribution in [-0.4, -0.2) is 32.8 Å². The van der Waals surface area contributed by atoms with Crippen molar-refractivity contribution < 1.29 is 9.47 Å². The summed E-state index contributed by atoms with van der Waals surface area (Å²) in [6, 6.07) is 18.4. The normalized spacial score (nSPS) is 12.0. The van der Waals surface area contributed by atoms with Crippen LogP contribution < -0.4 is 15.4 Å². The van der Waals surface area contributed by atoms with Crippen molar-refractivity contribution in [2.75, 3.05) is 20.8 Å². The summed E-state index contributed by atoms with van der Waals surface area (Å²) in [6.45, 7) is 3.85. The predicted molar refractivity (Wildman–Crippen MR) is 117 cm³/mol. The predicted octanol–water partition coefficient (Wildman–Crippen LogP) is 3.58. The number of ether oxygens (including phenoxy) is 2. The Morgan fingerprint density at radius 2 is 1.77 bits per heavy atom. The van der Waals surface area contributed by atoms with Crippen molar-refractivity contribution >= 4 is 29.9 Å². The lowest BCUT2D eigenvalue weighted by Gasteiger charge is -2.18. The Morgan fingerprint density at radius 3 is 2.46 bits per heavy atom. The van der Waals surface area contributed by atoms with E-state index in [0.717, 1.165) is 22.8 Å². The Hall–Kier alpha value is -1.80. The van der Waals surface area contributed by atoms with Crippen molar-refractivity contribution in [1.82, 2.24) is 10.6 Å². The standard InChI is InChI=1S/C20H27N3O2.HI/c1-16(14-24-3)23-20(21-2)22-13-18-11-7-8-12-19(18)25-15-17-9-5-4-6-10-17;/h4-12,16H,13-15H2,1-3H3,(H2,21,22,23);1H. The highest BCUT2D eigenvalue weighted by molar-refractivity contribution is 14.0. The largest absolute Gasteiger partial charge is 0.489 e. The molecule has 1 atom stereocenters. The summed E-state index contributed by atoms with van der Waals surface area (Å²) < 4.78 is 11.1. The number of benzene rings is 2. The van der Waals surface area contributed by atoms with E-state index in [1.165, 1.54) is 0 Å². The van der Waals surface area contributed by atoms with Crippen molar-refractivity contribution in [3.63, 3.8) is 0 Å². The van der Waals surface area contributed by atoms with Gasteiger partial charge in [-0.25, -0.2) is 0 Å². The molecule has 0 fully saturated rings. The molecule has 0 radical (unpaired) electrons. The lowest BCUT2D eigenvalue weighted by atomic mass is 10.2. The van der Waals surface area contributed by atoms with E-state index in [4.69, 9.17) is 9.47 Å². The number of hydrogen-bond acceptors (Lipinski definition) is 3. The number of nitrogens with zero attached hydrogens (tertiary/aromatic N) is 1. The van der Waals surface area contributed by atoms with Gasteiger partial charge in [-0.3, -0.25) is 4.99 Å². The molecule has 0 aliphatic carbocycles. The second-order valence-corrected chi connectivity index (χ2v) is 5.81. The quantitative estimate of drug-likeness (QED) is 0.353. The van der Waals surface area contributed by atoms with Crippen LogP contribution in [-0.2, 0) is 17.9 Å². The third kappa shape index (κ3) is 7.61. The molecule has 0 spiro atoms. The SMILES string of the molecule is CN=C(NCc1ccccc1OCc1ccccc1)NC(C)COC.I. The van der Waals surface area contributed by atoms with Gasteiger partial charge in [0.2, 0.25) is 0 Å². The van der Waals surface area contributed by atoms with Gasteiger partial charge in [-0.05, 0) is 18.6 Å². The topological polar surface area (TPSA) is 54.9 Å². The highest BCUT2D eigenvalue weighted by Crippen LogP contribution is 2.19. The van der Waals surface area contributed by atoms with Crippen LogP contribution in [0, 0.1) is 0 Å². The van der Waals surface area contributed by atoms with Gasteiger partial charge >= 0.3 is 0 Å². The van der Waals surface area contributed by atoms with Gasteiger partial charge in [-0.1, -0.05) is 48.5 Å². The van der Waals surface area contributed by atoms with E-state index in [0.29, 0.717) is 19.8 Å². The monoisotopic (exact) mass is 469 g/mol. The molecule has 0 amide bonds. The van der Waals surface area contributed by atoms with Gasteiger partial charge in [0.1, 0.15) is 12.4 Å². The molecule has 0 aliphatic heterocycles. The molecule has 0 bridgehead atoms. The summed E-state index contributed by atoms with van der Waals surface area (Å²) in [4.78, 5) is 4.25. The van der Waals surface area contributed by atoms with Crippen molar-refractivity contribution in [1.29, 1.82) is 0 Å². The molecule has 0 saturated heterocycles. The second-order valence-electron chi connectivity index (χ2n) is 5.81. The maximum atomic E-state index is 5.99. The Morgan fingerprint density at radius 1 is 1.08 bits per heavy atom. The van der Waals surface area contributed by atoms with E-state index < -0.39 is 0 Å². The number of hydrogen-bond donors (Lipinski definition) is 2. The molecular weight excluding hydrogens is 441 g/mol. The number of rotatable bonds is 8. The maximum absolute atomic E-state index is 5.99. The summed E-state index contributed by atoms with van der Waals surface area (Å²) >= 11 is 0. The molecule has 26 heavy (non-hydrogen) atoms. The van der Waals surface area contributed by atoms with E-state index in [-0.39, 0.29) is 30.0 Å². The summed E-state index contributed by atoms with van der Waals surface area (Å²) in [5.41, 5.74) is 2.23. The molecule has 2 aromatic carbocycles. The molecule has 0 aliphatic rings. The fourth-order valence-electron chi connectivity index (χ4n) is 2.42. The number of guanidine groups is 1. The highest BCUT2D eigenvalue weighted by Gasteiger charge is 2.07. The fourth-order valence-corrected chi connectivity index (χ4v) is 2.42. The van der Waals surface area contributed by atoms with Gasteiger partial charge in [0.05, 0.1) is 6.61 Å². The summed E-state index contributed by atoms with van der Waals surface area (Å²) in [6.07, 6.45) is 0. The lowest BCUT2D eigenvalue weighted by Crippen LogP contribution is -2.43. The minimum atomic E-state index is 0. The van der Waals surface area contributed by atoms with Gasteiger partial charge in [0.25, 0.3) is 0 Å². The molecule has 2 aromatic rings.